The molecule has 1 heterocycles. The van der Waals surface area contributed by atoms with E-state index in [4.69, 9.17) is 5.11 Å². The van der Waals surface area contributed by atoms with Crippen molar-refractivity contribution in [2.24, 2.45) is 0 Å². The number of hydrogen-bond acceptors (Lipinski definition) is 4. The maximum Gasteiger partial charge on any atom is 0.335 e. The van der Waals surface area contributed by atoms with Crippen molar-refractivity contribution in [3.8, 4) is 0 Å². The second kappa shape index (κ2) is 7.71. The SMILES string of the molecule is CCCCSCC(=O)Nc1cc(C(=O)O)ccn1. The first kappa shape index (κ1) is 14.5. The van der Waals surface area contributed by atoms with E-state index in [9.17, 15) is 9.59 Å². The Morgan fingerprint density at radius 2 is 2.28 bits per heavy atom. The van der Waals surface area contributed by atoms with Crippen LogP contribution in [0.4, 0.5) is 5.82 Å². The molecule has 2 N–H and O–H groups in total. The first-order chi connectivity index (χ1) is 8.63. The fraction of sp³-hybridized carbons (Fsp3) is 0.417. The zero-order valence-electron chi connectivity index (χ0n) is 10.2. The van der Waals surface area contributed by atoms with Gasteiger partial charge in [-0.25, -0.2) is 9.78 Å². The molecule has 18 heavy (non-hydrogen) atoms. The van der Waals surface area contributed by atoms with Crippen molar-refractivity contribution in [2.45, 2.75) is 19.8 Å². The number of aromatic carboxylic acids is 1. The fourth-order valence-corrected chi connectivity index (χ4v) is 2.12. The van der Waals surface area contributed by atoms with Gasteiger partial charge in [0.25, 0.3) is 0 Å². The van der Waals surface area contributed by atoms with Gasteiger partial charge in [-0.3, -0.25) is 4.79 Å². The highest BCUT2D eigenvalue weighted by atomic mass is 32.2. The van der Waals surface area contributed by atoms with E-state index in [2.05, 4.69) is 17.2 Å². The van der Waals surface area contributed by atoms with Crippen molar-refractivity contribution in [1.82, 2.24) is 4.98 Å². The molecule has 0 saturated heterocycles. The van der Waals surface area contributed by atoms with Crippen molar-refractivity contribution in [3.63, 3.8) is 0 Å². The molecule has 98 valence electrons. The van der Waals surface area contributed by atoms with Gasteiger partial charge in [-0.05, 0) is 24.3 Å². The Morgan fingerprint density at radius 3 is 2.94 bits per heavy atom. The highest BCUT2D eigenvalue weighted by Gasteiger charge is 2.07. The molecule has 0 unspecified atom stereocenters. The van der Waals surface area contributed by atoms with Crippen LogP contribution in [0.25, 0.3) is 0 Å². The van der Waals surface area contributed by atoms with Gasteiger partial charge in [0.2, 0.25) is 5.91 Å². The average molecular weight is 268 g/mol. The Morgan fingerprint density at radius 1 is 1.50 bits per heavy atom. The monoisotopic (exact) mass is 268 g/mol. The summed E-state index contributed by atoms with van der Waals surface area (Å²) in [7, 11) is 0. The first-order valence-corrected chi connectivity index (χ1v) is 6.86. The van der Waals surface area contributed by atoms with Crippen molar-refractivity contribution in [2.75, 3.05) is 16.8 Å². The molecular weight excluding hydrogens is 252 g/mol. The number of hydrogen-bond donors (Lipinski definition) is 2. The van der Waals surface area contributed by atoms with Gasteiger partial charge in [0.05, 0.1) is 11.3 Å². The molecular formula is C12H16N2O3S. The van der Waals surface area contributed by atoms with E-state index < -0.39 is 5.97 Å². The number of carbonyl (C=O) groups excluding carboxylic acids is 1. The number of carboxylic acid groups (broad SMARTS) is 1. The summed E-state index contributed by atoms with van der Waals surface area (Å²) in [4.78, 5) is 26.2. The van der Waals surface area contributed by atoms with Gasteiger partial charge in [-0.15, -0.1) is 0 Å². The van der Waals surface area contributed by atoms with E-state index in [0.29, 0.717) is 5.75 Å². The zero-order valence-corrected chi connectivity index (χ0v) is 11.0. The van der Waals surface area contributed by atoms with Crippen LogP contribution in [-0.2, 0) is 4.79 Å². The molecule has 0 saturated carbocycles. The second-order valence-corrected chi connectivity index (χ2v) is 4.79. The normalized spacial score (nSPS) is 10.1. The van der Waals surface area contributed by atoms with Crippen LogP contribution >= 0.6 is 11.8 Å². The molecule has 6 heteroatoms. The minimum absolute atomic E-state index is 0.110. The molecule has 0 aliphatic heterocycles. The molecule has 5 nitrogen and oxygen atoms in total. The highest BCUT2D eigenvalue weighted by molar-refractivity contribution is 7.99. The van der Waals surface area contributed by atoms with Crippen LogP contribution in [0, 0.1) is 0 Å². The Hall–Kier alpha value is -1.56. The minimum atomic E-state index is -1.04. The molecule has 0 aliphatic rings. The van der Waals surface area contributed by atoms with Gasteiger partial charge in [0.1, 0.15) is 5.82 Å². The van der Waals surface area contributed by atoms with E-state index in [1.165, 1.54) is 18.3 Å². The van der Waals surface area contributed by atoms with Crippen LogP contribution in [0.2, 0.25) is 0 Å². The molecule has 0 atom stereocenters. The van der Waals surface area contributed by atoms with Gasteiger partial charge in [-0.1, -0.05) is 13.3 Å². The number of nitrogens with one attached hydrogen (secondary N) is 1. The van der Waals surface area contributed by atoms with E-state index in [-0.39, 0.29) is 17.3 Å². The minimum Gasteiger partial charge on any atom is -0.478 e. The largest absolute Gasteiger partial charge is 0.478 e. The third-order valence-corrected chi connectivity index (χ3v) is 3.19. The van der Waals surface area contributed by atoms with Crippen molar-refractivity contribution >= 4 is 29.5 Å². The van der Waals surface area contributed by atoms with E-state index >= 15 is 0 Å². The number of unbranched alkanes of at least 4 members (excludes halogenated alkanes) is 1. The summed E-state index contributed by atoms with van der Waals surface area (Å²) < 4.78 is 0. The molecule has 0 bridgehead atoms. The van der Waals surface area contributed by atoms with Crippen molar-refractivity contribution < 1.29 is 14.7 Å². The van der Waals surface area contributed by atoms with Crippen LogP contribution in [0.1, 0.15) is 30.1 Å². The maximum atomic E-state index is 11.5. The second-order valence-electron chi connectivity index (χ2n) is 3.69. The number of aromatic nitrogens is 1. The third kappa shape index (κ3) is 5.18. The smallest absolute Gasteiger partial charge is 0.335 e. The Balaban J connectivity index is 2.44. The Bertz CT molecular complexity index is 424. The lowest BCUT2D eigenvalue weighted by Crippen LogP contribution is -2.15. The number of pyridine rings is 1. The average Bonchev–Trinajstić information content (AvgIpc) is 2.35. The standard InChI is InChI=1S/C12H16N2O3S/c1-2-3-6-18-8-11(15)14-10-7-9(12(16)17)4-5-13-10/h4-5,7H,2-3,6,8H2,1H3,(H,16,17)(H,13,14,15). The lowest BCUT2D eigenvalue weighted by atomic mass is 10.2. The van der Waals surface area contributed by atoms with Crippen LogP contribution < -0.4 is 5.32 Å². The quantitative estimate of drug-likeness (QED) is 0.741. The fourth-order valence-electron chi connectivity index (χ4n) is 1.22. The molecule has 0 fully saturated rings. The molecule has 1 rings (SSSR count). The number of carboxylic acids is 1. The van der Waals surface area contributed by atoms with Gasteiger partial charge in [-0.2, -0.15) is 11.8 Å². The lowest BCUT2D eigenvalue weighted by Gasteiger charge is -2.04. The van der Waals surface area contributed by atoms with Gasteiger partial charge in [0.15, 0.2) is 0 Å². The summed E-state index contributed by atoms with van der Waals surface area (Å²) in [6, 6.07) is 2.73. The van der Waals surface area contributed by atoms with Crippen LogP contribution in [0.3, 0.4) is 0 Å². The van der Waals surface area contributed by atoms with Crippen molar-refractivity contribution in [1.29, 1.82) is 0 Å². The molecule has 0 aromatic carbocycles. The van der Waals surface area contributed by atoms with Crippen molar-refractivity contribution in [3.05, 3.63) is 23.9 Å². The molecule has 0 radical (unpaired) electrons. The lowest BCUT2D eigenvalue weighted by molar-refractivity contribution is -0.113. The highest BCUT2D eigenvalue weighted by Crippen LogP contribution is 2.09. The third-order valence-electron chi connectivity index (χ3n) is 2.15. The first-order valence-electron chi connectivity index (χ1n) is 5.70. The van der Waals surface area contributed by atoms with Crippen LogP contribution in [0.5, 0.6) is 0 Å². The molecule has 1 aromatic heterocycles. The van der Waals surface area contributed by atoms with Crippen LogP contribution in [-0.4, -0.2) is 33.5 Å². The summed E-state index contributed by atoms with van der Waals surface area (Å²) >= 11 is 1.56. The Kier molecular flexibility index (Phi) is 6.21. The summed E-state index contributed by atoms with van der Waals surface area (Å²) in [5, 5.41) is 11.4. The zero-order chi connectivity index (χ0) is 13.4. The van der Waals surface area contributed by atoms with E-state index in [0.717, 1.165) is 18.6 Å². The summed E-state index contributed by atoms with van der Waals surface area (Å²) in [5.41, 5.74) is 0.110. The van der Waals surface area contributed by atoms with Gasteiger partial charge in [0, 0.05) is 6.20 Å². The Labute approximate surface area is 110 Å². The number of thioether (sulfide) groups is 1. The summed E-state index contributed by atoms with van der Waals surface area (Å²) in [5.74, 6) is 0.387. The van der Waals surface area contributed by atoms with Gasteiger partial charge >= 0.3 is 5.97 Å². The number of anilines is 1. The molecule has 1 aromatic rings. The predicted octanol–water partition coefficient (Wildman–Crippen LogP) is 2.25. The predicted molar refractivity (Wildman–Crippen MR) is 72.1 cm³/mol. The number of carbonyl (C=O) groups is 2. The molecule has 0 spiro atoms. The molecule has 0 aliphatic carbocycles. The van der Waals surface area contributed by atoms with E-state index in [1.54, 1.807) is 11.8 Å². The number of nitrogens with zero attached hydrogens (tertiary/aromatic N) is 1. The maximum absolute atomic E-state index is 11.5. The summed E-state index contributed by atoms with van der Waals surface area (Å²) in [6.07, 6.45) is 3.56. The van der Waals surface area contributed by atoms with Gasteiger partial charge < -0.3 is 10.4 Å². The topological polar surface area (TPSA) is 79.3 Å². The van der Waals surface area contributed by atoms with E-state index in [1.807, 2.05) is 0 Å². The van der Waals surface area contributed by atoms with Crippen LogP contribution in [0.15, 0.2) is 18.3 Å². The molecule has 1 amide bonds. The number of amides is 1. The summed E-state index contributed by atoms with van der Waals surface area (Å²) in [6.45, 7) is 2.10. The number of rotatable bonds is 7.